The lowest BCUT2D eigenvalue weighted by Gasteiger charge is -2.37. The maximum absolute atomic E-state index is 3.63. The number of aromatic amines is 1. The van der Waals surface area contributed by atoms with Crippen LogP contribution in [0.1, 0.15) is 56.9 Å². The van der Waals surface area contributed by atoms with E-state index in [2.05, 4.69) is 47.6 Å². The van der Waals surface area contributed by atoms with Crippen LogP contribution >= 0.6 is 0 Å². The van der Waals surface area contributed by atoms with Crippen LogP contribution in [0.25, 0.3) is 22.0 Å². The van der Waals surface area contributed by atoms with Crippen LogP contribution < -0.4 is 0 Å². The summed E-state index contributed by atoms with van der Waals surface area (Å²) in [4.78, 5) is 3.63. The molecule has 3 aliphatic carbocycles. The molecule has 2 fully saturated rings. The zero-order valence-corrected chi connectivity index (χ0v) is 13.8. The molecule has 1 nitrogen and oxygen atoms in total. The maximum atomic E-state index is 3.63. The molecule has 1 aromatic rings. The summed E-state index contributed by atoms with van der Waals surface area (Å²) in [7, 11) is 0. The van der Waals surface area contributed by atoms with Crippen LogP contribution in [0.15, 0.2) is 42.6 Å². The van der Waals surface area contributed by atoms with Crippen molar-refractivity contribution in [3.05, 3.63) is 48.2 Å². The second kappa shape index (κ2) is 5.12. The zero-order valence-electron chi connectivity index (χ0n) is 13.8. The van der Waals surface area contributed by atoms with Crippen molar-refractivity contribution >= 4 is 10.8 Å². The summed E-state index contributed by atoms with van der Waals surface area (Å²) >= 11 is 0. The minimum absolute atomic E-state index is 0.426. The fourth-order valence-corrected chi connectivity index (χ4v) is 5.80. The Morgan fingerprint density at radius 2 is 1.57 bits per heavy atom. The van der Waals surface area contributed by atoms with E-state index in [1.54, 1.807) is 5.56 Å². The van der Waals surface area contributed by atoms with Crippen LogP contribution in [0.2, 0.25) is 0 Å². The molecule has 1 heterocycles. The summed E-state index contributed by atoms with van der Waals surface area (Å²) in [6.07, 6.45) is 13.5. The molecule has 0 spiro atoms. The fourth-order valence-electron chi connectivity index (χ4n) is 5.80. The first-order chi connectivity index (χ1) is 11.4. The largest absolute Gasteiger partial charge is 0.361 e. The Hall–Kier alpha value is -1.76. The maximum Gasteiger partial charge on any atom is 0.0504 e. The van der Waals surface area contributed by atoms with Gasteiger partial charge in [0.2, 0.25) is 0 Å². The van der Waals surface area contributed by atoms with E-state index in [0.29, 0.717) is 5.41 Å². The number of nitrogens with one attached hydrogen (secondary N) is 1. The molecule has 4 aliphatic rings. The highest BCUT2D eigenvalue weighted by atomic mass is 14.7. The molecule has 1 aromatic carbocycles. The van der Waals surface area contributed by atoms with Crippen molar-refractivity contribution in [1.29, 1.82) is 0 Å². The van der Waals surface area contributed by atoms with Gasteiger partial charge in [-0.2, -0.15) is 0 Å². The molecular weight excluding hydrogens is 278 g/mol. The number of rotatable bonds is 2. The van der Waals surface area contributed by atoms with Crippen LogP contribution in [-0.2, 0) is 5.41 Å². The average Bonchev–Trinajstić information content (AvgIpc) is 3.33. The topological polar surface area (TPSA) is 15.8 Å². The van der Waals surface area contributed by atoms with Gasteiger partial charge in [0.25, 0.3) is 0 Å². The quantitative estimate of drug-likeness (QED) is 0.574. The van der Waals surface area contributed by atoms with Crippen molar-refractivity contribution in [1.82, 2.24) is 4.98 Å². The van der Waals surface area contributed by atoms with Crippen LogP contribution in [0.3, 0.4) is 0 Å². The summed E-state index contributed by atoms with van der Waals surface area (Å²) in [6, 6.07) is 13.5. The minimum Gasteiger partial charge on any atom is -0.361 e. The molecule has 23 heavy (non-hydrogen) atoms. The van der Waals surface area contributed by atoms with Gasteiger partial charge in [0.15, 0.2) is 0 Å². The SMILES string of the molecule is c1c[nH]c2c(C3(C4CCCC4)CCCC3)c3ccccc3c-2c1. The zero-order chi connectivity index (χ0) is 15.3. The van der Waals surface area contributed by atoms with E-state index in [9.17, 15) is 0 Å². The summed E-state index contributed by atoms with van der Waals surface area (Å²) in [5, 5.41) is 2.96. The van der Waals surface area contributed by atoms with Crippen molar-refractivity contribution in [2.24, 2.45) is 5.92 Å². The first-order valence-electron chi connectivity index (χ1n) is 9.38. The molecule has 1 aliphatic heterocycles. The molecule has 0 aromatic heterocycles. The molecule has 118 valence electrons. The van der Waals surface area contributed by atoms with E-state index >= 15 is 0 Å². The number of hydrogen-bond acceptors (Lipinski definition) is 0. The highest BCUT2D eigenvalue weighted by molar-refractivity contribution is 6.05. The van der Waals surface area contributed by atoms with Gasteiger partial charge in [-0.15, -0.1) is 0 Å². The van der Waals surface area contributed by atoms with Crippen molar-refractivity contribution in [2.75, 3.05) is 0 Å². The number of H-pyrrole nitrogens is 1. The summed E-state index contributed by atoms with van der Waals surface area (Å²) in [6.45, 7) is 0. The molecule has 1 heteroatoms. The Labute approximate surface area is 138 Å². The average molecular weight is 303 g/mol. The van der Waals surface area contributed by atoms with E-state index in [-0.39, 0.29) is 0 Å². The smallest absolute Gasteiger partial charge is 0.0504 e. The Balaban J connectivity index is 1.83. The van der Waals surface area contributed by atoms with Gasteiger partial charge in [-0.05, 0) is 54.0 Å². The van der Waals surface area contributed by atoms with Gasteiger partial charge in [0, 0.05) is 17.2 Å². The van der Waals surface area contributed by atoms with Crippen LogP contribution in [0, 0.1) is 5.92 Å². The first-order valence-corrected chi connectivity index (χ1v) is 9.38. The normalized spacial score (nSPS) is 21.6. The van der Waals surface area contributed by atoms with Crippen molar-refractivity contribution in [3.63, 3.8) is 0 Å². The van der Waals surface area contributed by atoms with Crippen molar-refractivity contribution in [3.8, 4) is 11.3 Å². The fraction of sp³-hybridized carbons (Fsp3) is 0.455. The van der Waals surface area contributed by atoms with E-state index in [0.717, 1.165) is 5.92 Å². The second-order valence-corrected chi connectivity index (χ2v) is 7.72. The Kier molecular flexibility index (Phi) is 3.04. The lowest BCUT2D eigenvalue weighted by Crippen LogP contribution is -2.31. The van der Waals surface area contributed by atoms with Crippen molar-refractivity contribution in [2.45, 2.75) is 56.8 Å². The third kappa shape index (κ3) is 1.86. The third-order valence-corrected chi connectivity index (χ3v) is 6.72. The third-order valence-electron chi connectivity index (χ3n) is 6.72. The number of fused-ring (bicyclic) bond motifs is 3. The lowest BCUT2D eigenvalue weighted by molar-refractivity contribution is 0.279. The van der Waals surface area contributed by atoms with Crippen molar-refractivity contribution < 1.29 is 0 Å². The van der Waals surface area contributed by atoms with Gasteiger partial charge in [-0.1, -0.05) is 56.0 Å². The molecule has 0 amide bonds. The number of aromatic nitrogens is 1. The molecule has 0 saturated heterocycles. The molecule has 5 rings (SSSR count). The Bertz CT molecular complexity index is 800. The monoisotopic (exact) mass is 303 g/mol. The Morgan fingerprint density at radius 1 is 0.826 bits per heavy atom. The predicted molar refractivity (Wildman–Crippen MR) is 97.0 cm³/mol. The molecule has 0 atom stereocenters. The molecular formula is C22H25N. The lowest BCUT2D eigenvalue weighted by atomic mass is 9.67. The first kappa shape index (κ1) is 13.7. The highest BCUT2D eigenvalue weighted by Crippen LogP contribution is 2.57. The van der Waals surface area contributed by atoms with Gasteiger partial charge in [-0.3, -0.25) is 0 Å². The van der Waals surface area contributed by atoms with E-state index in [1.165, 1.54) is 73.4 Å². The van der Waals surface area contributed by atoms with Crippen LogP contribution in [0.4, 0.5) is 0 Å². The molecule has 1 N–H and O–H groups in total. The van der Waals surface area contributed by atoms with Crippen LogP contribution in [0.5, 0.6) is 0 Å². The van der Waals surface area contributed by atoms with Gasteiger partial charge >= 0.3 is 0 Å². The molecule has 2 saturated carbocycles. The summed E-state index contributed by atoms with van der Waals surface area (Å²) in [5.74, 6) is 0.896. The second-order valence-electron chi connectivity index (χ2n) is 7.72. The number of hydrogen-bond donors (Lipinski definition) is 1. The van der Waals surface area contributed by atoms with Gasteiger partial charge in [0.1, 0.15) is 0 Å². The predicted octanol–water partition coefficient (Wildman–Crippen LogP) is 6.27. The van der Waals surface area contributed by atoms with E-state index in [1.807, 2.05) is 0 Å². The number of benzene rings is 1. The van der Waals surface area contributed by atoms with E-state index < -0.39 is 0 Å². The molecule has 0 radical (unpaired) electrons. The standard InChI is InChI=1S/C22H25N/c1-2-9-16(8-1)22(13-5-6-14-22)20-18-11-4-3-10-17(18)19-12-7-15-23-21(19)20/h3-4,7,10-12,15-16,23H,1-2,5-6,8-9,13-14H2. The number of pyridine rings is 1. The molecule has 0 bridgehead atoms. The highest BCUT2D eigenvalue weighted by Gasteiger charge is 2.46. The Morgan fingerprint density at radius 3 is 2.35 bits per heavy atom. The van der Waals surface area contributed by atoms with Gasteiger partial charge < -0.3 is 4.98 Å². The minimum atomic E-state index is 0.426. The van der Waals surface area contributed by atoms with E-state index in [4.69, 9.17) is 0 Å². The van der Waals surface area contributed by atoms with Gasteiger partial charge in [-0.25, -0.2) is 0 Å². The summed E-state index contributed by atoms with van der Waals surface area (Å²) < 4.78 is 0. The van der Waals surface area contributed by atoms with Gasteiger partial charge in [0.05, 0.1) is 5.69 Å². The van der Waals surface area contributed by atoms with Crippen LogP contribution in [-0.4, -0.2) is 4.98 Å². The molecule has 0 unspecified atom stereocenters. The summed E-state index contributed by atoms with van der Waals surface area (Å²) in [5.41, 5.74) is 4.92.